The molecule has 12 heteroatoms. The van der Waals surface area contributed by atoms with Gasteiger partial charge in [0, 0.05) is 50.2 Å². The first-order valence-electron chi connectivity index (χ1n) is 27.4. The molecule has 12 nitrogen and oxygen atoms in total. The van der Waals surface area contributed by atoms with Crippen LogP contribution in [0.2, 0.25) is 0 Å². The van der Waals surface area contributed by atoms with Crippen molar-refractivity contribution in [3.8, 4) is 0 Å². The number of amides is 3. The number of Topliss-reactive ketones (excluding diaryl/α,β-unsaturated/α-hetero) is 1. The SMILES string of the molecule is CC[C@@H](C)C(=O)N[C@H](C(=O)C1CCCN1CN(CCCCN(C[C@@H]1CCCN1C(=O)[C@@H](NC(=O)[C@H](N)NC)C1CCCCC1)C1CCc2ccccc21)C1CCc2ccccc21)C1CCCCC1. The van der Waals surface area contributed by atoms with Gasteiger partial charge in [0.25, 0.3) is 5.91 Å². The highest BCUT2D eigenvalue weighted by molar-refractivity contribution is 5.93. The van der Waals surface area contributed by atoms with Crippen molar-refractivity contribution in [3.63, 3.8) is 0 Å². The van der Waals surface area contributed by atoms with Crippen LogP contribution in [0.25, 0.3) is 0 Å². The molecule has 2 aromatic carbocycles. The standard InChI is InChI=1S/C56H86N8O4/c1-4-39(2)54(66)59-50(42-21-7-5-8-22-42)52(65)49-28-18-35-63(49)38-62(48-32-30-41-20-12-14-27-46(41)48)34-16-15-33-61(47-31-29-40-19-11-13-26-45(40)47)37-44-25-17-36-64(44)56(68)51(43-23-9-6-10-24-43)60-55(67)53(57)58-3/h11-14,19-20,26-27,39,42-44,47-51,53,58H,4-10,15-18,21-25,28-38,57H2,1-3H3,(H,59,66)(H,60,67)/t39-,44+,47?,48?,49?,50+,51+,53-/m1/s1. The third-order valence-corrected chi connectivity index (χ3v) is 17.4. The Morgan fingerprint density at radius 2 is 1.24 bits per heavy atom. The number of carbonyl (C=O) groups excluding carboxylic acids is 4. The minimum absolute atomic E-state index is 0.0232. The van der Waals surface area contributed by atoms with E-state index in [4.69, 9.17) is 5.73 Å². The summed E-state index contributed by atoms with van der Waals surface area (Å²) in [5, 5.41) is 9.32. The Labute approximate surface area is 408 Å². The zero-order valence-electron chi connectivity index (χ0n) is 42.0. The van der Waals surface area contributed by atoms with Crippen LogP contribution in [-0.2, 0) is 32.0 Å². The van der Waals surface area contributed by atoms with Gasteiger partial charge in [-0.25, -0.2) is 0 Å². The maximum atomic E-state index is 14.8. The maximum Gasteiger partial charge on any atom is 0.252 e. The molecule has 0 bridgehead atoms. The van der Waals surface area contributed by atoms with Gasteiger partial charge in [0.1, 0.15) is 12.2 Å². The number of likely N-dealkylation sites (N-methyl/N-ethyl adjacent to an activating group) is 1. The van der Waals surface area contributed by atoms with Gasteiger partial charge in [-0.1, -0.05) is 101 Å². The highest BCUT2D eigenvalue weighted by Crippen LogP contribution is 2.40. The van der Waals surface area contributed by atoms with E-state index in [1.165, 1.54) is 35.1 Å². The monoisotopic (exact) mass is 935 g/mol. The predicted molar refractivity (Wildman–Crippen MR) is 270 cm³/mol. The smallest absolute Gasteiger partial charge is 0.252 e. The molecule has 0 spiro atoms. The molecular weight excluding hydrogens is 849 g/mol. The minimum atomic E-state index is -0.855. The lowest BCUT2D eigenvalue weighted by Crippen LogP contribution is -2.59. The van der Waals surface area contributed by atoms with Crippen molar-refractivity contribution in [1.82, 2.24) is 35.6 Å². The fourth-order valence-corrected chi connectivity index (χ4v) is 13.3. The summed E-state index contributed by atoms with van der Waals surface area (Å²) < 4.78 is 0. The van der Waals surface area contributed by atoms with E-state index in [2.05, 4.69) is 91.0 Å². The molecule has 3 unspecified atom stereocenters. The van der Waals surface area contributed by atoms with Crippen LogP contribution in [0.4, 0.5) is 0 Å². The van der Waals surface area contributed by atoms with Gasteiger partial charge in [-0.05, 0) is 144 Å². The number of rotatable bonds is 22. The van der Waals surface area contributed by atoms with Crippen LogP contribution in [0.3, 0.4) is 0 Å². The highest BCUT2D eigenvalue weighted by Gasteiger charge is 2.43. The molecule has 8 atom stereocenters. The van der Waals surface area contributed by atoms with E-state index in [1.54, 1.807) is 7.05 Å². The van der Waals surface area contributed by atoms with Crippen LogP contribution in [0, 0.1) is 17.8 Å². The quantitative estimate of drug-likeness (QED) is 0.0702. The summed E-state index contributed by atoms with van der Waals surface area (Å²) in [4.78, 5) is 66.2. The molecular formula is C56H86N8O4. The minimum Gasteiger partial charge on any atom is -0.346 e. The average molecular weight is 935 g/mol. The molecule has 2 aliphatic heterocycles. The first-order valence-corrected chi connectivity index (χ1v) is 27.4. The van der Waals surface area contributed by atoms with Gasteiger partial charge in [0.05, 0.1) is 18.8 Å². The first-order chi connectivity index (χ1) is 33.1. The Kier molecular flexibility index (Phi) is 18.2. The molecule has 2 saturated heterocycles. The van der Waals surface area contributed by atoms with E-state index in [1.807, 2.05) is 6.92 Å². The van der Waals surface area contributed by atoms with Crippen molar-refractivity contribution in [1.29, 1.82) is 0 Å². The molecule has 374 valence electrons. The number of fused-ring (bicyclic) bond motifs is 2. The van der Waals surface area contributed by atoms with Gasteiger partial charge < -0.3 is 21.3 Å². The van der Waals surface area contributed by atoms with E-state index in [0.29, 0.717) is 12.1 Å². The van der Waals surface area contributed by atoms with Crippen molar-refractivity contribution in [3.05, 3.63) is 70.8 Å². The largest absolute Gasteiger partial charge is 0.346 e. The first kappa shape index (κ1) is 50.7. The fourth-order valence-electron chi connectivity index (χ4n) is 13.3. The molecule has 3 amide bonds. The Balaban J connectivity index is 0.979. The Morgan fingerprint density at radius 3 is 1.85 bits per heavy atom. The molecule has 2 heterocycles. The summed E-state index contributed by atoms with van der Waals surface area (Å²) in [5.41, 5.74) is 11.9. The third kappa shape index (κ3) is 12.1. The van der Waals surface area contributed by atoms with E-state index in [0.717, 1.165) is 161 Å². The molecule has 0 radical (unpaired) electrons. The van der Waals surface area contributed by atoms with Crippen LogP contribution >= 0.6 is 0 Å². The number of unbranched alkanes of at least 4 members (excludes halogenated alkanes) is 1. The number of nitrogens with zero attached hydrogens (tertiary/aromatic N) is 4. The van der Waals surface area contributed by atoms with Crippen LogP contribution in [0.15, 0.2) is 48.5 Å². The van der Waals surface area contributed by atoms with Gasteiger partial charge in [0.2, 0.25) is 11.8 Å². The molecule has 4 fully saturated rings. The number of nitrogens with two attached hydrogens (primary N) is 1. The van der Waals surface area contributed by atoms with Crippen LogP contribution < -0.4 is 21.7 Å². The number of carbonyl (C=O) groups is 4. The molecule has 4 aliphatic carbocycles. The normalized spacial score (nSPS) is 25.3. The predicted octanol–water partition coefficient (Wildman–Crippen LogP) is 7.41. The molecule has 2 saturated carbocycles. The third-order valence-electron chi connectivity index (χ3n) is 17.4. The number of benzene rings is 2. The second-order valence-corrected chi connectivity index (χ2v) is 21.7. The number of likely N-dealkylation sites (tertiary alicyclic amines) is 2. The van der Waals surface area contributed by atoms with E-state index in [-0.39, 0.29) is 53.3 Å². The fraction of sp³-hybridized carbons (Fsp3) is 0.714. The van der Waals surface area contributed by atoms with E-state index < -0.39 is 18.2 Å². The van der Waals surface area contributed by atoms with Gasteiger partial charge in [-0.15, -0.1) is 0 Å². The second-order valence-electron chi connectivity index (χ2n) is 21.7. The van der Waals surface area contributed by atoms with Crippen molar-refractivity contribution in [2.45, 2.75) is 191 Å². The Morgan fingerprint density at radius 1 is 0.676 bits per heavy atom. The molecule has 2 aromatic rings. The number of ketones is 1. The summed E-state index contributed by atoms with van der Waals surface area (Å²) in [7, 11) is 1.68. The maximum absolute atomic E-state index is 14.8. The number of hydrogen-bond acceptors (Lipinski definition) is 9. The average Bonchev–Trinajstić information content (AvgIpc) is 4.22. The summed E-state index contributed by atoms with van der Waals surface area (Å²) in [6.07, 6.45) is 20.8. The second kappa shape index (κ2) is 24.4. The Bertz CT molecular complexity index is 1840. The van der Waals surface area contributed by atoms with Gasteiger partial charge in [-0.2, -0.15) is 0 Å². The van der Waals surface area contributed by atoms with Crippen molar-refractivity contribution in [2.24, 2.45) is 23.5 Å². The summed E-state index contributed by atoms with van der Waals surface area (Å²) in [5.74, 6) is 0.251. The van der Waals surface area contributed by atoms with Crippen LogP contribution in [0.5, 0.6) is 0 Å². The molecule has 68 heavy (non-hydrogen) atoms. The lowest BCUT2D eigenvalue weighted by atomic mass is 9.80. The molecule has 8 rings (SSSR count). The molecule has 6 aliphatic rings. The summed E-state index contributed by atoms with van der Waals surface area (Å²) in [6.45, 7) is 9.10. The topological polar surface area (TPSA) is 143 Å². The number of aryl methyl sites for hydroxylation is 2. The summed E-state index contributed by atoms with van der Waals surface area (Å²) >= 11 is 0. The van der Waals surface area contributed by atoms with Crippen molar-refractivity contribution >= 4 is 23.5 Å². The highest BCUT2D eigenvalue weighted by atomic mass is 16.2. The van der Waals surface area contributed by atoms with Crippen molar-refractivity contribution < 1.29 is 19.2 Å². The molecule has 5 N–H and O–H groups in total. The molecule has 0 aromatic heterocycles. The number of hydrogen-bond donors (Lipinski definition) is 4. The Hall–Kier alpha value is -3.68. The van der Waals surface area contributed by atoms with Crippen LogP contribution in [-0.4, -0.2) is 120 Å². The van der Waals surface area contributed by atoms with Crippen LogP contribution in [0.1, 0.15) is 170 Å². The van der Waals surface area contributed by atoms with Crippen molar-refractivity contribution in [2.75, 3.05) is 46.4 Å². The summed E-state index contributed by atoms with van der Waals surface area (Å²) in [6, 6.07) is 17.5. The lowest BCUT2D eigenvalue weighted by molar-refractivity contribution is -0.140. The number of nitrogens with one attached hydrogen (secondary N) is 3. The van der Waals surface area contributed by atoms with Gasteiger partial charge in [0.15, 0.2) is 5.78 Å². The zero-order chi connectivity index (χ0) is 47.6. The van der Waals surface area contributed by atoms with Gasteiger partial charge >= 0.3 is 0 Å². The van der Waals surface area contributed by atoms with E-state index in [9.17, 15) is 19.2 Å². The van der Waals surface area contributed by atoms with Gasteiger partial charge in [-0.3, -0.25) is 39.2 Å². The zero-order valence-corrected chi connectivity index (χ0v) is 42.0. The van der Waals surface area contributed by atoms with E-state index >= 15 is 0 Å². The lowest BCUT2D eigenvalue weighted by Gasteiger charge is -2.39.